The van der Waals surface area contributed by atoms with Crippen LogP contribution in [0.4, 0.5) is 0 Å². The first kappa shape index (κ1) is 20.0. The Kier molecular flexibility index (Phi) is 9.30. The van der Waals surface area contributed by atoms with E-state index in [1.54, 1.807) is 0 Å². The second kappa shape index (κ2) is 12.1. The van der Waals surface area contributed by atoms with Crippen molar-refractivity contribution in [2.24, 2.45) is 0 Å². The molecule has 0 spiro atoms. The van der Waals surface area contributed by atoms with Gasteiger partial charge in [-0.3, -0.25) is 4.79 Å². The first-order valence-electron chi connectivity index (χ1n) is 9.42. The molecule has 0 aliphatic rings. The summed E-state index contributed by atoms with van der Waals surface area (Å²) in [7, 11) is 0. The van der Waals surface area contributed by atoms with E-state index in [9.17, 15) is 4.79 Å². The topological polar surface area (TPSA) is 58.6 Å². The maximum Gasteiger partial charge on any atom is 0.303 e. The van der Waals surface area contributed by atoms with Gasteiger partial charge in [0.2, 0.25) is 0 Å². The first-order valence-corrected chi connectivity index (χ1v) is 9.42. The molecule has 0 bridgehead atoms. The molecule has 0 aliphatic heterocycles. The average Bonchev–Trinajstić information content (AvgIpc) is 2.66. The number of aliphatic carboxylic acids is 1. The average molecular weight is 355 g/mol. The summed E-state index contributed by atoms with van der Waals surface area (Å²) in [5, 5.41) is 11.9. The van der Waals surface area contributed by atoms with Crippen molar-refractivity contribution in [1.82, 2.24) is 5.32 Å². The number of ether oxygens (including phenoxy) is 1. The van der Waals surface area contributed by atoms with E-state index >= 15 is 0 Å². The van der Waals surface area contributed by atoms with E-state index in [-0.39, 0.29) is 6.42 Å². The summed E-state index contributed by atoms with van der Waals surface area (Å²) < 4.78 is 5.81. The highest BCUT2D eigenvalue weighted by Crippen LogP contribution is 2.14. The van der Waals surface area contributed by atoms with E-state index < -0.39 is 5.97 Å². The summed E-state index contributed by atoms with van der Waals surface area (Å²) in [6, 6.07) is 18.8. The van der Waals surface area contributed by atoms with Crippen LogP contribution in [0.25, 0.3) is 0 Å². The Morgan fingerprint density at radius 2 is 1.50 bits per heavy atom. The Hall–Kier alpha value is -2.33. The summed E-state index contributed by atoms with van der Waals surface area (Å²) in [4.78, 5) is 10.4. The van der Waals surface area contributed by atoms with Gasteiger partial charge in [-0.25, -0.2) is 0 Å². The van der Waals surface area contributed by atoms with Gasteiger partial charge < -0.3 is 15.2 Å². The lowest BCUT2D eigenvalue weighted by atomic mass is 10.1. The fourth-order valence-electron chi connectivity index (χ4n) is 2.77. The molecule has 0 heterocycles. The molecular formula is C22H29NO3. The van der Waals surface area contributed by atoms with Gasteiger partial charge in [0.25, 0.3) is 0 Å². The number of carbonyl (C=O) groups is 1. The van der Waals surface area contributed by atoms with Crippen LogP contribution in [0.3, 0.4) is 0 Å². The van der Waals surface area contributed by atoms with Crippen molar-refractivity contribution in [3.05, 3.63) is 65.7 Å². The summed E-state index contributed by atoms with van der Waals surface area (Å²) in [6.07, 6.45) is 5.04. The number of hydrogen-bond acceptors (Lipinski definition) is 3. The molecule has 0 unspecified atom stereocenters. The van der Waals surface area contributed by atoms with Crippen molar-refractivity contribution in [3.63, 3.8) is 0 Å². The monoisotopic (exact) mass is 355 g/mol. The Bertz CT molecular complexity index is 626. The lowest BCUT2D eigenvalue weighted by Gasteiger charge is -2.08. The first-order chi connectivity index (χ1) is 12.7. The number of carboxylic acids is 1. The summed E-state index contributed by atoms with van der Waals surface area (Å²) in [5.74, 6) is 0.197. The zero-order valence-electron chi connectivity index (χ0n) is 15.3. The minimum Gasteiger partial charge on any atom is -0.494 e. The Morgan fingerprint density at radius 3 is 2.23 bits per heavy atom. The van der Waals surface area contributed by atoms with Gasteiger partial charge in [0.1, 0.15) is 5.75 Å². The van der Waals surface area contributed by atoms with E-state index in [0.29, 0.717) is 6.42 Å². The minimum atomic E-state index is -0.728. The smallest absolute Gasteiger partial charge is 0.303 e. The molecule has 0 saturated heterocycles. The largest absolute Gasteiger partial charge is 0.494 e. The molecule has 2 aromatic rings. The predicted molar refractivity (Wildman–Crippen MR) is 105 cm³/mol. The van der Waals surface area contributed by atoms with Crippen LogP contribution in [-0.4, -0.2) is 30.8 Å². The van der Waals surface area contributed by atoms with E-state index in [1.807, 2.05) is 18.2 Å². The zero-order valence-corrected chi connectivity index (χ0v) is 15.3. The van der Waals surface area contributed by atoms with Crippen LogP contribution < -0.4 is 10.1 Å². The maximum atomic E-state index is 10.4. The highest BCUT2D eigenvalue weighted by atomic mass is 16.5. The maximum absolute atomic E-state index is 10.4. The van der Waals surface area contributed by atoms with Gasteiger partial charge in [-0.1, -0.05) is 42.5 Å². The summed E-state index contributed by atoms with van der Waals surface area (Å²) in [6.45, 7) is 2.41. The molecule has 0 amide bonds. The van der Waals surface area contributed by atoms with Gasteiger partial charge >= 0.3 is 5.97 Å². The number of benzene rings is 2. The molecule has 2 aromatic carbocycles. The van der Waals surface area contributed by atoms with Crippen LogP contribution in [0.2, 0.25) is 0 Å². The molecular weight excluding hydrogens is 326 g/mol. The molecule has 0 fully saturated rings. The number of rotatable bonds is 13. The standard InChI is InChI=1S/C22H29NO3/c24-22(25)11-5-17-23-16-4-9-20-12-14-21(15-13-20)26-18-6-10-19-7-2-1-3-8-19/h1-3,7-8,12-15,23H,4-6,9-11,16-18H2,(H,24,25). The quantitative estimate of drug-likeness (QED) is 0.532. The van der Waals surface area contributed by atoms with Gasteiger partial charge in [0.15, 0.2) is 0 Å². The molecule has 0 atom stereocenters. The molecule has 4 nitrogen and oxygen atoms in total. The van der Waals surface area contributed by atoms with E-state index in [0.717, 1.165) is 51.1 Å². The van der Waals surface area contributed by atoms with Crippen molar-refractivity contribution in [2.75, 3.05) is 19.7 Å². The van der Waals surface area contributed by atoms with Crippen LogP contribution >= 0.6 is 0 Å². The number of nitrogens with one attached hydrogen (secondary N) is 1. The molecule has 2 N–H and O–H groups in total. The molecule has 0 aromatic heterocycles. The van der Waals surface area contributed by atoms with Crippen molar-refractivity contribution in [1.29, 1.82) is 0 Å². The van der Waals surface area contributed by atoms with Crippen molar-refractivity contribution < 1.29 is 14.6 Å². The van der Waals surface area contributed by atoms with Crippen LogP contribution in [0.1, 0.15) is 36.8 Å². The summed E-state index contributed by atoms with van der Waals surface area (Å²) in [5.41, 5.74) is 2.65. The number of carboxylic acid groups (broad SMARTS) is 1. The van der Waals surface area contributed by atoms with Crippen LogP contribution in [-0.2, 0) is 17.6 Å². The highest BCUT2D eigenvalue weighted by Gasteiger charge is 1.99. The third-order valence-electron chi connectivity index (χ3n) is 4.21. The lowest BCUT2D eigenvalue weighted by Crippen LogP contribution is -2.18. The molecule has 26 heavy (non-hydrogen) atoms. The highest BCUT2D eigenvalue weighted by molar-refractivity contribution is 5.66. The van der Waals surface area contributed by atoms with Crippen LogP contribution in [0.5, 0.6) is 5.75 Å². The number of aryl methyl sites for hydroxylation is 2. The fraction of sp³-hybridized carbons (Fsp3) is 0.409. The van der Waals surface area contributed by atoms with Gasteiger partial charge in [-0.15, -0.1) is 0 Å². The van der Waals surface area contributed by atoms with Crippen LogP contribution in [0, 0.1) is 0 Å². The van der Waals surface area contributed by atoms with E-state index in [1.165, 1.54) is 11.1 Å². The number of hydrogen-bond donors (Lipinski definition) is 2. The third kappa shape index (κ3) is 8.67. The fourth-order valence-corrected chi connectivity index (χ4v) is 2.77. The Labute approximate surface area is 156 Å². The second-order valence-corrected chi connectivity index (χ2v) is 6.43. The van der Waals surface area contributed by atoms with Gasteiger partial charge in [-0.05, 0) is 68.5 Å². The SMILES string of the molecule is O=C(O)CCCNCCCc1ccc(OCCCc2ccccc2)cc1. The van der Waals surface area contributed by atoms with Crippen LogP contribution in [0.15, 0.2) is 54.6 Å². The molecule has 0 aliphatic carbocycles. The van der Waals surface area contributed by atoms with Gasteiger partial charge in [0.05, 0.1) is 6.61 Å². The molecule has 140 valence electrons. The Morgan fingerprint density at radius 1 is 0.846 bits per heavy atom. The van der Waals surface area contributed by atoms with E-state index in [4.69, 9.17) is 9.84 Å². The Balaban J connectivity index is 1.54. The normalized spacial score (nSPS) is 10.6. The van der Waals surface area contributed by atoms with E-state index in [2.05, 4.69) is 41.7 Å². The van der Waals surface area contributed by atoms with Crippen molar-refractivity contribution >= 4 is 5.97 Å². The van der Waals surface area contributed by atoms with Crippen molar-refractivity contribution in [2.45, 2.75) is 38.5 Å². The minimum absolute atomic E-state index is 0.236. The predicted octanol–water partition coefficient (Wildman–Crippen LogP) is 4.09. The lowest BCUT2D eigenvalue weighted by molar-refractivity contribution is -0.137. The molecule has 2 rings (SSSR count). The molecule has 0 saturated carbocycles. The molecule has 4 heteroatoms. The van der Waals surface area contributed by atoms with Gasteiger partial charge in [0, 0.05) is 6.42 Å². The molecule has 0 radical (unpaired) electrons. The summed E-state index contributed by atoms with van der Waals surface area (Å²) >= 11 is 0. The van der Waals surface area contributed by atoms with Crippen molar-refractivity contribution in [3.8, 4) is 5.75 Å². The third-order valence-corrected chi connectivity index (χ3v) is 4.21. The zero-order chi connectivity index (χ0) is 18.5. The van der Waals surface area contributed by atoms with Gasteiger partial charge in [-0.2, -0.15) is 0 Å². The second-order valence-electron chi connectivity index (χ2n) is 6.43.